The van der Waals surface area contributed by atoms with Gasteiger partial charge in [0.05, 0.1) is 11.6 Å². The van der Waals surface area contributed by atoms with E-state index >= 15 is 0 Å². The van der Waals surface area contributed by atoms with Crippen LogP contribution in [0.3, 0.4) is 0 Å². The number of aryl methyl sites for hydroxylation is 1. The number of pyridine rings is 1. The first-order valence-corrected chi connectivity index (χ1v) is 8.60. The number of amides is 1. The molecule has 25 heavy (non-hydrogen) atoms. The highest BCUT2D eigenvalue weighted by Gasteiger charge is 2.25. The van der Waals surface area contributed by atoms with Gasteiger partial charge in [-0.05, 0) is 56.6 Å². The minimum absolute atomic E-state index is 0.0183. The van der Waals surface area contributed by atoms with E-state index in [2.05, 4.69) is 21.3 Å². The van der Waals surface area contributed by atoms with Crippen molar-refractivity contribution < 1.29 is 4.79 Å². The van der Waals surface area contributed by atoms with Gasteiger partial charge in [0.2, 0.25) is 5.91 Å². The molecule has 2 heterocycles. The molecular weight excluding hydrogens is 312 g/mol. The number of anilines is 1. The number of nitriles is 1. The molecule has 1 aliphatic rings. The van der Waals surface area contributed by atoms with Crippen LogP contribution in [0.5, 0.6) is 0 Å². The summed E-state index contributed by atoms with van der Waals surface area (Å²) in [7, 11) is 0. The first kappa shape index (κ1) is 17.1. The summed E-state index contributed by atoms with van der Waals surface area (Å²) >= 11 is 0. The zero-order valence-corrected chi connectivity index (χ0v) is 14.4. The molecule has 1 fully saturated rings. The number of rotatable bonds is 4. The van der Waals surface area contributed by atoms with E-state index in [9.17, 15) is 10.1 Å². The first-order chi connectivity index (χ1) is 12.2. The SMILES string of the molecule is Cc1cccc(NC(=O)C2CCN(Cc3ccccc3C#N)CC2)n1. The van der Waals surface area contributed by atoms with Crippen molar-refractivity contribution in [2.45, 2.75) is 26.3 Å². The van der Waals surface area contributed by atoms with Crippen molar-refractivity contribution in [1.82, 2.24) is 9.88 Å². The van der Waals surface area contributed by atoms with Crippen LogP contribution in [0.2, 0.25) is 0 Å². The van der Waals surface area contributed by atoms with Gasteiger partial charge >= 0.3 is 0 Å². The van der Waals surface area contributed by atoms with E-state index in [-0.39, 0.29) is 11.8 Å². The fraction of sp³-hybridized carbons (Fsp3) is 0.350. The Kier molecular flexibility index (Phi) is 5.42. The average molecular weight is 334 g/mol. The average Bonchev–Trinajstić information content (AvgIpc) is 2.63. The molecule has 2 aromatic rings. The molecule has 1 N–H and O–H groups in total. The van der Waals surface area contributed by atoms with Gasteiger partial charge in [0.25, 0.3) is 0 Å². The van der Waals surface area contributed by atoms with E-state index < -0.39 is 0 Å². The van der Waals surface area contributed by atoms with Crippen molar-refractivity contribution in [2.75, 3.05) is 18.4 Å². The Balaban J connectivity index is 1.53. The maximum atomic E-state index is 12.4. The Hall–Kier alpha value is -2.71. The highest BCUT2D eigenvalue weighted by molar-refractivity contribution is 5.91. The van der Waals surface area contributed by atoms with Crippen LogP contribution in [0.4, 0.5) is 5.82 Å². The lowest BCUT2D eigenvalue weighted by atomic mass is 9.95. The number of likely N-dealkylation sites (tertiary alicyclic amines) is 1. The maximum absolute atomic E-state index is 12.4. The minimum atomic E-state index is 0.0183. The highest BCUT2D eigenvalue weighted by atomic mass is 16.1. The molecule has 0 atom stereocenters. The lowest BCUT2D eigenvalue weighted by molar-refractivity contribution is -0.121. The van der Waals surface area contributed by atoms with Crippen LogP contribution in [0, 0.1) is 24.2 Å². The number of hydrogen-bond acceptors (Lipinski definition) is 4. The number of piperidine rings is 1. The van der Waals surface area contributed by atoms with Crippen LogP contribution in [-0.4, -0.2) is 28.9 Å². The standard InChI is InChI=1S/C20H22N4O/c1-15-5-4-8-19(22-15)23-20(25)16-9-11-24(12-10-16)14-18-7-3-2-6-17(18)13-21/h2-8,16H,9-12,14H2,1H3,(H,22,23,25). The molecule has 3 rings (SSSR count). The normalized spacial score (nSPS) is 15.5. The second-order valence-corrected chi connectivity index (χ2v) is 6.47. The van der Waals surface area contributed by atoms with Crippen molar-refractivity contribution in [1.29, 1.82) is 5.26 Å². The summed E-state index contributed by atoms with van der Waals surface area (Å²) in [5.41, 5.74) is 2.67. The zero-order valence-electron chi connectivity index (χ0n) is 14.4. The maximum Gasteiger partial charge on any atom is 0.228 e. The van der Waals surface area contributed by atoms with Gasteiger partial charge in [0.15, 0.2) is 0 Å². The summed E-state index contributed by atoms with van der Waals surface area (Å²) in [4.78, 5) is 19.1. The molecule has 0 unspecified atom stereocenters. The molecule has 1 saturated heterocycles. The van der Waals surface area contributed by atoms with Crippen LogP contribution in [0.25, 0.3) is 0 Å². The van der Waals surface area contributed by atoms with Crippen LogP contribution in [0.15, 0.2) is 42.5 Å². The van der Waals surface area contributed by atoms with Gasteiger partial charge in [-0.3, -0.25) is 9.69 Å². The van der Waals surface area contributed by atoms with Gasteiger partial charge in [-0.15, -0.1) is 0 Å². The molecule has 0 radical (unpaired) electrons. The zero-order chi connectivity index (χ0) is 17.6. The number of aromatic nitrogens is 1. The summed E-state index contributed by atoms with van der Waals surface area (Å²) < 4.78 is 0. The number of carbonyl (C=O) groups is 1. The number of benzene rings is 1. The van der Waals surface area contributed by atoms with Crippen LogP contribution < -0.4 is 5.32 Å². The number of hydrogen-bond donors (Lipinski definition) is 1. The smallest absolute Gasteiger partial charge is 0.228 e. The van der Waals surface area contributed by atoms with Crippen LogP contribution >= 0.6 is 0 Å². The number of carbonyl (C=O) groups excluding carboxylic acids is 1. The Morgan fingerprint density at radius 2 is 2.00 bits per heavy atom. The summed E-state index contributed by atoms with van der Waals surface area (Å²) in [6, 6.07) is 15.6. The second-order valence-electron chi connectivity index (χ2n) is 6.47. The van der Waals surface area contributed by atoms with Gasteiger partial charge in [-0.2, -0.15) is 5.26 Å². The van der Waals surface area contributed by atoms with Crippen molar-refractivity contribution in [3.05, 3.63) is 59.3 Å². The molecule has 0 bridgehead atoms. The van der Waals surface area contributed by atoms with E-state index in [1.807, 2.05) is 49.4 Å². The van der Waals surface area contributed by atoms with Crippen molar-refractivity contribution in [3.63, 3.8) is 0 Å². The molecule has 0 saturated carbocycles. The van der Waals surface area contributed by atoms with E-state index in [1.165, 1.54) is 0 Å². The van der Waals surface area contributed by atoms with Crippen molar-refractivity contribution in [2.24, 2.45) is 5.92 Å². The molecule has 1 aromatic heterocycles. The first-order valence-electron chi connectivity index (χ1n) is 8.60. The molecule has 1 aromatic carbocycles. The van der Waals surface area contributed by atoms with Gasteiger partial charge in [0, 0.05) is 18.2 Å². The third-order valence-electron chi connectivity index (χ3n) is 4.63. The summed E-state index contributed by atoms with van der Waals surface area (Å²) in [6.07, 6.45) is 1.65. The monoisotopic (exact) mass is 334 g/mol. The Morgan fingerprint density at radius 3 is 2.72 bits per heavy atom. The third-order valence-corrected chi connectivity index (χ3v) is 4.63. The van der Waals surface area contributed by atoms with Crippen molar-refractivity contribution in [3.8, 4) is 6.07 Å². The van der Waals surface area contributed by atoms with Gasteiger partial charge in [-0.1, -0.05) is 24.3 Å². The molecule has 5 nitrogen and oxygen atoms in total. The number of nitrogens with one attached hydrogen (secondary N) is 1. The predicted molar refractivity (Wildman–Crippen MR) is 96.8 cm³/mol. The Bertz CT molecular complexity index is 788. The van der Waals surface area contributed by atoms with Crippen LogP contribution in [0.1, 0.15) is 29.7 Å². The molecule has 1 aliphatic heterocycles. The highest BCUT2D eigenvalue weighted by Crippen LogP contribution is 2.21. The van der Waals surface area contributed by atoms with Crippen molar-refractivity contribution >= 4 is 11.7 Å². The van der Waals surface area contributed by atoms with E-state index in [4.69, 9.17) is 0 Å². The quantitative estimate of drug-likeness (QED) is 0.933. The molecule has 0 aliphatic carbocycles. The fourth-order valence-corrected chi connectivity index (χ4v) is 3.20. The van der Waals surface area contributed by atoms with Gasteiger partial charge < -0.3 is 5.32 Å². The van der Waals surface area contributed by atoms with E-state index in [0.717, 1.165) is 49.3 Å². The molecular formula is C20H22N4O. The van der Waals surface area contributed by atoms with Gasteiger partial charge in [0.1, 0.15) is 5.82 Å². The van der Waals surface area contributed by atoms with Gasteiger partial charge in [-0.25, -0.2) is 4.98 Å². The van der Waals surface area contributed by atoms with Crippen LogP contribution in [-0.2, 0) is 11.3 Å². The van der Waals surface area contributed by atoms with E-state index in [1.54, 1.807) is 0 Å². The Labute approximate surface area is 148 Å². The topological polar surface area (TPSA) is 69.0 Å². The fourth-order valence-electron chi connectivity index (χ4n) is 3.20. The minimum Gasteiger partial charge on any atom is -0.310 e. The lowest BCUT2D eigenvalue weighted by Gasteiger charge is -2.31. The van der Waals surface area contributed by atoms with E-state index in [0.29, 0.717) is 5.82 Å². The number of nitrogens with zero attached hydrogens (tertiary/aromatic N) is 3. The molecule has 0 spiro atoms. The molecule has 128 valence electrons. The molecule has 5 heteroatoms. The lowest BCUT2D eigenvalue weighted by Crippen LogP contribution is -2.38. The Morgan fingerprint density at radius 1 is 1.24 bits per heavy atom. The largest absolute Gasteiger partial charge is 0.310 e. The summed E-state index contributed by atoms with van der Waals surface area (Å²) in [6.45, 7) is 4.39. The second kappa shape index (κ2) is 7.91. The third kappa shape index (κ3) is 4.43. The molecule has 1 amide bonds. The predicted octanol–water partition coefficient (Wildman–Crippen LogP) is 3.11. The summed E-state index contributed by atoms with van der Waals surface area (Å²) in [5, 5.41) is 12.1. The summed E-state index contributed by atoms with van der Waals surface area (Å²) in [5.74, 6) is 0.690.